The number of carbonyl (C=O) groups excluding carboxylic acids is 3. The molecule has 1 fully saturated rings. The van der Waals surface area contributed by atoms with Crippen molar-refractivity contribution in [2.24, 2.45) is 0 Å². The molecule has 0 bridgehead atoms. The Morgan fingerprint density at radius 2 is 1.53 bits per heavy atom. The number of anilines is 4. The van der Waals surface area contributed by atoms with Crippen LogP contribution in [0.5, 0.6) is 0 Å². The van der Waals surface area contributed by atoms with Gasteiger partial charge in [-0.2, -0.15) is 4.98 Å². The van der Waals surface area contributed by atoms with E-state index < -0.39 is 17.7 Å². The average molecular weight is 457 g/mol. The van der Waals surface area contributed by atoms with E-state index in [0.717, 1.165) is 35.2 Å². The number of nitrogens with zero attached hydrogens (tertiary/aromatic N) is 4. The fourth-order valence-electron chi connectivity index (χ4n) is 4.21. The largest absolute Gasteiger partial charge is 0.356 e. The first-order chi connectivity index (χ1) is 16.5. The molecule has 172 valence electrons. The van der Waals surface area contributed by atoms with Gasteiger partial charge in [0.1, 0.15) is 12.4 Å². The quantitative estimate of drug-likeness (QED) is 0.548. The molecule has 1 aromatic heterocycles. The summed E-state index contributed by atoms with van der Waals surface area (Å²) in [5.74, 6) is 0.0739. The number of rotatable bonds is 6. The Kier molecular flexibility index (Phi) is 5.67. The summed E-state index contributed by atoms with van der Waals surface area (Å²) in [6, 6.07) is 15.6. The normalized spacial score (nSPS) is 15.0. The number of nitrogens with one attached hydrogen (secondary N) is 2. The van der Waals surface area contributed by atoms with Crippen molar-refractivity contribution in [3.8, 4) is 0 Å². The van der Waals surface area contributed by atoms with Gasteiger partial charge in [0.05, 0.1) is 11.1 Å². The first-order valence-electron chi connectivity index (χ1n) is 11.2. The van der Waals surface area contributed by atoms with Crippen LogP contribution in [0.3, 0.4) is 0 Å². The summed E-state index contributed by atoms with van der Waals surface area (Å²) in [6.07, 6.45) is 2.35. The highest BCUT2D eigenvalue weighted by Gasteiger charge is 2.36. The fourth-order valence-corrected chi connectivity index (χ4v) is 4.21. The molecule has 3 amide bonds. The molecule has 9 heteroatoms. The molecule has 2 N–H and O–H groups in total. The molecule has 2 aliphatic heterocycles. The van der Waals surface area contributed by atoms with Gasteiger partial charge < -0.3 is 15.5 Å². The number of hydrogen-bond donors (Lipinski definition) is 2. The number of carbonyl (C=O) groups is 3. The monoisotopic (exact) mass is 456 g/mol. The van der Waals surface area contributed by atoms with Crippen LogP contribution in [0.25, 0.3) is 0 Å². The molecule has 0 atom stereocenters. The highest BCUT2D eigenvalue weighted by atomic mass is 16.2. The molecule has 0 radical (unpaired) electrons. The number of hydrogen-bond acceptors (Lipinski definition) is 7. The van der Waals surface area contributed by atoms with E-state index in [-0.39, 0.29) is 6.54 Å². The first kappa shape index (κ1) is 21.6. The van der Waals surface area contributed by atoms with Gasteiger partial charge in [0.2, 0.25) is 11.9 Å². The number of fused-ring (bicyclic) bond motifs is 1. The second-order valence-electron chi connectivity index (χ2n) is 8.38. The molecular weight excluding hydrogens is 432 g/mol. The van der Waals surface area contributed by atoms with Crippen molar-refractivity contribution in [3.05, 3.63) is 71.4 Å². The van der Waals surface area contributed by atoms with Crippen LogP contribution in [0.1, 0.15) is 39.3 Å². The summed E-state index contributed by atoms with van der Waals surface area (Å²) in [7, 11) is 0. The zero-order valence-electron chi connectivity index (χ0n) is 18.7. The van der Waals surface area contributed by atoms with Crippen molar-refractivity contribution >= 4 is 40.9 Å². The molecule has 9 nitrogen and oxygen atoms in total. The van der Waals surface area contributed by atoms with Crippen LogP contribution in [0, 0.1) is 6.92 Å². The molecule has 0 unspecified atom stereocenters. The van der Waals surface area contributed by atoms with Crippen molar-refractivity contribution in [1.29, 1.82) is 0 Å². The van der Waals surface area contributed by atoms with E-state index in [4.69, 9.17) is 0 Å². The van der Waals surface area contributed by atoms with Gasteiger partial charge in [0.15, 0.2) is 0 Å². The van der Waals surface area contributed by atoms with Crippen molar-refractivity contribution in [1.82, 2.24) is 14.9 Å². The van der Waals surface area contributed by atoms with Crippen LogP contribution in [0.4, 0.5) is 23.1 Å². The minimum atomic E-state index is -0.457. The van der Waals surface area contributed by atoms with Crippen LogP contribution in [-0.2, 0) is 4.79 Å². The third-order valence-electron chi connectivity index (χ3n) is 5.88. The highest BCUT2D eigenvalue weighted by molar-refractivity contribution is 6.22. The van der Waals surface area contributed by atoms with E-state index in [1.165, 1.54) is 12.8 Å². The van der Waals surface area contributed by atoms with Crippen LogP contribution in [0.2, 0.25) is 0 Å². The van der Waals surface area contributed by atoms with Gasteiger partial charge in [-0.3, -0.25) is 19.3 Å². The maximum atomic E-state index is 12.5. The minimum absolute atomic E-state index is 0.321. The second kappa shape index (κ2) is 8.93. The maximum Gasteiger partial charge on any atom is 0.262 e. The fraction of sp³-hybridized carbons (Fsp3) is 0.240. The SMILES string of the molecule is Cc1cc(N2CCCC2)nc(Nc2ccc(NC(=O)CN3C(=O)c4ccccc4C3=O)cc2)n1. The highest BCUT2D eigenvalue weighted by Crippen LogP contribution is 2.24. The van der Waals surface area contributed by atoms with Crippen LogP contribution < -0.4 is 15.5 Å². The second-order valence-corrected chi connectivity index (χ2v) is 8.38. The topological polar surface area (TPSA) is 108 Å². The van der Waals surface area contributed by atoms with Gasteiger partial charge in [-0.25, -0.2) is 4.98 Å². The smallest absolute Gasteiger partial charge is 0.262 e. The van der Waals surface area contributed by atoms with Crippen molar-refractivity contribution in [3.63, 3.8) is 0 Å². The summed E-state index contributed by atoms with van der Waals surface area (Å²) in [6.45, 7) is 3.61. The van der Waals surface area contributed by atoms with E-state index in [1.807, 2.05) is 13.0 Å². The number of aromatic nitrogens is 2. The van der Waals surface area contributed by atoms with Crippen LogP contribution in [-0.4, -0.2) is 52.2 Å². The summed E-state index contributed by atoms with van der Waals surface area (Å²) < 4.78 is 0. The Labute approximate surface area is 196 Å². The predicted molar refractivity (Wildman–Crippen MR) is 128 cm³/mol. The third-order valence-corrected chi connectivity index (χ3v) is 5.88. The molecule has 2 aliphatic rings. The van der Waals surface area contributed by atoms with E-state index in [2.05, 4.69) is 25.5 Å². The number of amides is 3. The molecule has 3 aromatic rings. The summed E-state index contributed by atoms with van der Waals surface area (Å²) in [5.41, 5.74) is 2.85. The number of aryl methyl sites for hydroxylation is 1. The zero-order valence-corrected chi connectivity index (χ0v) is 18.7. The lowest BCUT2D eigenvalue weighted by atomic mass is 10.1. The molecule has 0 spiro atoms. The van der Waals surface area contributed by atoms with Gasteiger partial charge in [0, 0.05) is 36.2 Å². The van der Waals surface area contributed by atoms with E-state index in [0.29, 0.717) is 22.8 Å². The number of benzene rings is 2. The zero-order chi connectivity index (χ0) is 23.7. The van der Waals surface area contributed by atoms with E-state index in [1.54, 1.807) is 48.5 Å². The average Bonchev–Trinajstić information content (AvgIpc) is 3.45. The van der Waals surface area contributed by atoms with E-state index in [9.17, 15) is 14.4 Å². The van der Waals surface area contributed by atoms with Crippen LogP contribution in [0.15, 0.2) is 54.6 Å². The molecule has 34 heavy (non-hydrogen) atoms. The standard InChI is InChI=1S/C25H24N6O3/c1-16-14-21(30-12-4-5-13-30)29-25(26-16)28-18-10-8-17(9-11-18)27-22(32)15-31-23(33)19-6-2-3-7-20(19)24(31)34/h2-3,6-11,14H,4-5,12-13,15H2,1H3,(H,27,32)(H,26,28,29). The lowest BCUT2D eigenvalue weighted by Gasteiger charge is -2.18. The molecule has 0 aliphatic carbocycles. The van der Waals surface area contributed by atoms with Crippen molar-refractivity contribution < 1.29 is 14.4 Å². The Bertz CT molecular complexity index is 1230. The lowest BCUT2D eigenvalue weighted by molar-refractivity contribution is -0.116. The number of imide groups is 1. The predicted octanol–water partition coefficient (Wildman–Crippen LogP) is 3.36. The molecule has 2 aromatic carbocycles. The maximum absolute atomic E-state index is 12.5. The minimum Gasteiger partial charge on any atom is -0.356 e. The Morgan fingerprint density at radius 3 is 2.18 bits per heavy atom. The molecule has 5 rings (SSSR count). The van der Waals surface area contributed by atoms with Gasteiger partial charge in [-0.05, 0) is 56.2 Å². The van der Waals surface area contributed by atoms with Crippen molar-refractivity contribution in [2.75, 3.05) is 35.2 Å². The van der Waals surface area contributed by atoms with Gasteiger partial charge >= 0.3 is 0 Å². The summed E-state index contributed by atoms with van der Waals surface area (Å²) in [5, 5.41) is 5.94. The summed E-state index contributed by atoms with van der Waals surface area (Å²) in [4.78, 5) is 49.7. The molecule has 3 heterocycles. The summed E-state index contributed by atoms with van der Waals surface area (Å²) >= 11 is 0. The lowest BCUT2D eigenvalue weighted by Crippen LogP contribution is -2.37. The van der Waals surface area contributed by atoms with E-state index >= 15 is 0 Å². The van der Waals surface area contributed by atoms with Crippen LogP contribution >= 0.6 is 0 Å². The Morgan fingerprint density at radius 1 is 0.912 bits per heavy atom. The Hall–Kier alpha value is -4.27. The van der Waals surface area contributed by atoms with Gasteiger partial charge in [-0.15, -0.1) is 0 Å². The van der Waals surface area contributed by atoms with Crippen molar-refractivity contribution in [2.45, 2.75) is 19.8 Å². The molecular formula is C25H24N6O3. The molecule has 1 saturated heterocycles. The van der Waals surface area contributed by atoms with Gasteiger partial charge in [0.25, 0.3) is 11.8 Å². The molecule has 0 saturated carbocycles. The third kappa shape index (κ3) is 4.32. The first-order valence-corrected chi connectivity index (χ1v) is 11.2. The Balaban J connectivity index is 1.21. The van der Waals surface area contributed by atoms with Gasteiger partial charge in [-0.1, -0.05) is 12.1 Å².